The summed E-state index contributed by atoms with van der Waals surface area (Å²) in [6, 6.07) is 12.4. The normalized spacial score (nSPS) is 17.4. The Hall–Kier alpha value is -2.60. The highest BCUT2D eigenvalue weighted by Gasteiger charge is 2.25. The summed E-state index contributed by atoms with van der Waals surface area (Å²) in [6.45, 7) is 1.50. The van der Waals surface area contributed by atoms with E-state index in [0.29, 0.717) is 49.4 Å². The van der Waals surface area contributed by atoms with Crippen molar-refractivity contribution >= 4 is 11.6 Å². The molecule has 2 aromatic carbocycles. The number of hydrogen-bond donors (Lipinski definition) is 2. The first-order valence-electron chi connectivity index (χ1n) is 9.85. The number of amides is 1. The van der Waals surface area contributed by atoms with Gasteiger partial charge in [0.05, 0.1) is 12.2 Å². The van der Waals surface area contributed by atoms with E-state index in [1.807, 2.05) is 12.1 Å². The van der Waals surface area contributed by atoms with Crippen molar-refractivity contribution in [3.63, 3.8) is 0 Å². The molecule has 1 aliphatic carbocycles. The van der Waals surface area contributed by atoms with Gasteiger partial charge in [0.15, 0.2) is 11.6 Å². The molecular formula is C22H25FN2O3. The lowest BCUT2D eigenvalue weighted by molar-refractivity contribution is 0.0546. The van der Waals surface area contributed by atoms with Gasteiger partial charge in [-0.2, -0.15) is 0 Å². The number of piperidine rings is 1. The largest absolute Gasteiger partial charge is 0.487 e. The number of benzene rings is 2. The van der Waals surface area contributed by atoms with Crippen molar-refractivity contribution in [3.05, 3.63) is 59.4 Å². The standard InChI is InChI=1S/C22H25FN2O3/c23-21-16(2-1-3-20(21)28-19-8-9-19)14-24-17-6-4-15(5-7-17)22(27)25-12-10-18(26)11-13-25/h1-7,18-19,24,26H,8-14H2. The number of carbonyl (C=O) groups is 1. The minimum absolute atomic E-state index is 0.0191. The molecule has 4 rings (SSSR count). The van der Waals surface area contributed by atoms with Crippen molar-refractivity contribution < 1.29 is 19.0 Å². The first-order chi connectivity index (χ1) is 13.6. The SMILES string of the molecule is O=C(c1ccc(NCc2cccc(OC3CC3)c2F)cc1)N1CCC(O)CC1. The van der Waals surface area contributed by atoms with Crippen molar-refractivity contribution in [2.24, 2.45) is 0 Å². The number of nitrogens with one attached hydrogen (secondary N) is 1. The molecule has 0 unspecified atom stereocenters. The minimum atomic E-state index is -0.319. The van der Waals surface area contributed by atoms with Crippen LogP contribution in [-0.2, 0) is 6.54 Å². The molecule has 2 fully saturated rings. The summed E-state index contributed by atoms with van der Waals surface area (Å²) in [7, 11) is 0. The van der Waals surface area contributed by atoms with Crippen LogP contribution in [0.5, 0.6) is 5.75 Å². The van der Waals surface area contributed by atoms with Crippen LogP contribution in [0.4, 0.5) is 10.1 Å². The lowest BCUT2D eigenvalue weighted by Crippen LogP contribution is -2.40. The molecule has 0 spiro atoms. The highest BCUT2D eigenvalue weighted by molar-refractivity contribution is 5.94. The van der Waals surface area contributed by atoms with Crippen molar-refractivity contribution in [1.82, 2.24) is 4.90 Å². The number of nitrogens with zero attached hydrogens (tertiary/aromatic N) is 1. The predicted molar refractivity (Wildman–Crippen MR) is 105 cm³/mol. The zero-order chi connectivity index (χ0) is 19.5. The van der Waals surface area contributed by atoms with Crippen LogP contribution < -0.4 is 10.1 Å². The van der Waals surface area contributed by atoms with Crippen molar-refractivity contribution in [2.45, 2.75) is 44.4 Å². The fraction of sp³-hybridized carbons (Fsp3) is 0.409. The molecule has 0 aromatic heterocycles. The van der Waals surface area contributed by atoms with Gasteiger partial charge < -0.3 is 20.1 Å². The molecule has 2 aromatic rings. The van der Waals surface area contributed by atoms with E-state index in [9.17, 15) is 14.3 Å². The maximum Gasteiger partial charge on any atom is 0.253 e. The van der Waals surface area contributed by atoms with Crippen LogP contribution in [0.3, 0.4) is 0 Å². The van der Waals surface area contributed by atoms with Gasteiger partial charge in [0.1, 0.15) is 0 Å². The number of aliphatic hydroxyl groups excluding tert-OH is 1. The lowest BCUT2D eigenvalue weighted by atomic mass is 10.1. The van der Waals surface area contributed by atoms with E-state index in [2.05, 4.69) is 5.32 Å². The molecule has 1 heterocycles. The Bertz CT molecular complexity index is 828. The highest BCUT2D eigenvalue weighted by atomic mass is 19.1. The Balaban J connectivity index is 1.35. The van der Waals surface area contributed by atoms with E-state index in [-0.39, 0.29) is 23.9 Å². The number of carbonyl (C=O) groups excluding carboxylic acids is 1. The van der Waals surface area contributed by atoms with Crippen LogP contribution in [0.1, 0.15) is 41.6 Å². The summed E-state index contributed by atoms with van der Waals surface area (Å²) in [4.78, 5) is 14.3. The van der Waals surface area contributed by atoms with E-state index in [0.717, 1.165) is 18.5 Å². The Morgan fingerprint density at radius 2 is 1.82 bits per heavy atom. The number of ether oxygens (including phenoxy) is 1. The highest BCUT2D eigenvalue weighted by Crippen LogP contribution is 2.30. The summed E-state index contributed by atoms with van der Waals surface area (Å²) in [6.07, 6.45) is 3.09. The number of anilines is 1. The third-order valence-corrected chi connectivity index (χ3v) is 5.23. The summed E-state index contributed by atoms with van der Waals surface area (Å²) in [5, 5.41) is 12.8. The van der Waals surface area contributed by atoms with Crippen LogP contribution >= 0.6 is 0 Å². The maximum atomic E-state index is 14.5. The van der Waals surface area contributed by atoms with E-state index < -0.39 is 0 Å². The van der Waals surface area contributed by atoms with Crippen LogP contribution in [-0.4, -0.2) is 41.2 Å². The molecule has 0 radical (unpaired) electrons. The van der Waals surface area contributed by atoms with Crippen molar-refractivity contribution in [3.8, 4) is 5.75 Å². The number of hydrogen-bond acceptors (Lipinski definition) is 4. The van der Waals surface area contributed by atoms with E-state index in [4.69, 9.17) is 4.74 Å². The van der Waals surface area contributed by atoms with Gasteiger partial charge in [-0.25, -0.2) is 4.39 Å². The molecule has 6 heteroatoms. The quantitative estimate of drug-likeness (QED) is 0.799. The van der Waals surface area contributed by atoms with Gasteiger partial charge in [-0.1, -0.05) is 12.1 Å². The number of halogens is 1. The van der Waals surface area contributed by atoms with Crippen LogP contribution in [0.2, 0.25) is 0 Å². The summed E-state index contributed by atoms with van der Waals surface area (Å²) in [5.74, 6) is -0.0233. The molecule has 148 valence electrons. The van der Waals surface area contributed by atoms with E-state index in [1.165, 1.54) is 0 Å². The van der Waals surface area contributed by atoms with Gasteiger partial charge in [-0.3, -0.25) is 4.79 Å². The molecule has 2 N–H and O–H groups in total. The summed E-state index contributed by atoms with van der Waals surface area (Å²) >= 11 is 0. The third-order valence-electron chi connectivity index (χ3n) is 5.23. The molecule has 1 saturated heterocycles. The molecule has 0 atom stereocenters. The number of likely N-dealkylation sites (tertiary alicyclic amines) is 1. The average molecular weight is 384 g/mol. The molecule has 28 heavy (non-hydrogen) atoms. The first kappa shape index (κ1) is 18.7. The fourth-order valence-electron chi connectivity index (χ4n) is 3.33. The second-order valence-corrected chi connectivity index (χ2v) is 7.50. The first-order valence-corrected chi connectivity index (χ1v) is 9.85. The van der Waals surface area contributed by atoms with Gasteiger partial charge >= 0.3 is 0 Å². The smallest absolute Gasteiger partial charge is 0.253 e. The van der Waals surface area contributed by atoms with Crippen molar-refractivity contribution in [2.75, 3.05) is 18.4 Å². The number of aliphatic hydroxyl groups is 1. The van der Waals surface area contributed by atoms with Crippen LogP contribution in [0, 0.1) is 5.82 Å². The summed E-state index contributed by atoms with van der Waals surface area (Å²) < 4.78 is 20.1. The fourth-order valence-corrected chi connectivity index (χ4v) is 3.33. The maximum absolute atomic E-state index is 14.5. The molecular weight excluding hydrogens is 359 g/mol. The van der Waals surface area contributed by atoms with Gasteiger partial charge in [0.25, 0.3) is 5.91 Å². The van der Waals surface area contributed by atoms with Crippen molar-refractivity contribution in [1.29, 1.82) is 0 Å². The molecule has 1 amide bonds. The van der Waals surface area contributed by atoms with E-state index >= 15 is 0 Å². The van der Waals surface area contributed by atoms with Gasteiger partial charge in [-0.05, 0) is 56.0 Å². The molecule has 0 bridgehead atoms. The Morgan fingerprint density at radius 1 is 1.11 bits per heavy atom. The molecule has 2 aliphatic rings. The number of rotatable bonds is 6. The molecule has 1 aliphatic heterocycles. The van der Waals surface area contributed by atoms with Crippen LogP contribution in [0.15, 0.2) is 42.5 Å². The predicted octanol–water partition coefficient (Wildman–Crippen LogP) is 3.58. The Kier molecular flexibility index (Phi) is 5.48. The molecule has 1 saturated carbocycles. The van der Waals surface area contributed by atoms with Gasteiger partial charge in [-0.15, -0.1) is 0 Å². The Labute approximate surface area is 164 Å². The van der Waals surface area contributed by atoms with Gasteiger partial charge in [0, 0.05) is 36.4 Å². The zero-order valence-corrected chi connectivity index (χ0v) is 15.7. The van der Waals surface area contributed by atoms with Gasteiger partial charge in [0.2, 0.25) is 0 Å². The average Bonchev–Trinajstić information content (AvgIpc) is 3.53. The van der Waals surface area contributed by atoms with E-state index in [1.54, 1.807) is 35.2 Å². The topological polar surface area (TPSA) is 61.8 Å². The Morgan fingerprint density at radius 3 is 2.50 bits per heavy atom. The summed E-state index contributed by atoms with van der Waals surface area (Å²) in [5.41, 5.74) is 1.98. The minimum Gasteiger partial charge on any atom is -0.487 e. The zero-order valence-electron chi connectivity index (χ0n) is 15.7. The van der Waals surface area contributed by atoms with Crippen LogP contribution in [0.25, 0.3) is 0 Å². The monoisotopic (exact) mass is 384 g/mol. The molecule has 5 nitrogen and oxygen atoms in total. The second-order valence-electron chi connectivity index (χ2n) is 7.50. The third kappa shape index (κ3) is 4.44. The lowest BCUT2D eigenvalue weighted by Gasteiger charge is -2.29. The second kappa shape index (κ2) is 8.19.